The quantitative estimate of drug-likeness (QED) is 0.0485. The van der Waals surface area contributed by atoms with Crippen LogP contribution in [0.15, 0.2) is 18.2 Å². The Morgan fingerprint density at radius 3 is 0.825 bits per heavy atom. The summed E-state index contributed by atoms with van der Waals surface area (Å²) in [6.45, 7) is 6.09. The van der Waals surface area contributed by atoms with Gasteiger partial charge in [0.2, 0.25) is 0 Å². The zero-order chi connectivity index (χ0) is 41.0. The molecule has 57 heavy (non-hydrogen) atoms. The molecule has 0 amide bonds. The molecule has 0 unspecified atom stereocenters. The third kappa shape index (κ3) is 39.8. The predicted octanol–water partition coefficient (Wildman–Crippen LogP) is 19.0. The lowest BCUT2D eigenvalue weighted by atomic mass is 10.0. The summed E-state index contributed by atoms with van der Waals surface area (Å²) in [6.07, 6.45) is 55.3. The molecule has 0 atom stereocenters. The van der Waals surface area contributed by atoms with E-state index in [4.69, 9.17) is 25.8 Å². The summed E-state index contributed by atoms with van der Waals surface area (Å²) in [7, 11) is 0. The lowest BCUT2D eigenvalue weighted by Crippen LogP contribution is -2.02. The number of carbonyl (C=O) groups is 1. The van der Waals surface area contributed by atoms with Gasteiger partial charge in [-0.25, -0.2) is 4.79 Å². The van der Waals surface area contributed by atoms with E-state index in [0.29, 0.717) is 13.2 Å². The SMILES string of the molecule is CCCCCCCCCCCCCCCCCCCCCCOc1cc(COC(=O)Cl)cc(OCCCCCCCCCCCCCCCCCCCCCC)c1. The van der Waals surface area contributed by atoms with Gasteiger partial charge in [0.25, 0.3) is 0 Å². The third-order valence-corrected chi connectivity index (χ3v) is 11.9. The van der Waals surface area contributed by atoms with Gasteiger partial charge < -0.3 is 14.2 Å². The Morgan fingerprint density at radius 2 is 0.596 bits per heavy atom. The fourth-order valence-corrected chi connectivity index (χ4v) is 8.17. The van der Waals surface area contributed by atoms with Crippen molar-refractivity contribution in [2.24, 2.45) is 0 Å². The summed E-state index contributed by atoms with van der Waals surface area (Å²) >= 11 is 5.44. The molecule has 0 aromatic heterocycles. The highest BCUT2D eigenvalue weighted by molar-refractivity contribution is 6.61. The molecular formula is C52H95ClO4. The van der Waals surface area contributed by atoms with Gasteiger partial charge in [0, 0.05) is 17.7 Å². The maximum Gasteiger partial charge on any atom is 0.404 e. The average molecular weight is 820 g/mol. The monoisotopic (exact) mass is 819 g/mol. The maximum atomic E-state index is 11.2. The minimum atomic E-state index is -0.794. The molecule has 0 radical (unpaired) electrons. The van der Waals surface area contributed by atoms with Crippen molar-refractivity contribution in [3.63, 3.8) is 0 Å². The van der Waals surface area contributed by atoms with Crippen molar-refractivity contribution in [2.75, 3.05) is 13.2 Å². The smallest absolute Gasteiger partial charge is 0.404 e. The zero-order valence-corrected chi connectivity index (χ0v) is 38.9. The first-order chi connectivity index (χ1) is 28.2. The summed E-state index contributed by atoms with van der Waals surface area (Å²) < 4.78 is 17.3. The van der Waals surface area contributed by atoms with E-state index in [1.165, 1.54) is 244 Å². The second kappa shape index (κ2) is 44.1. The number of halogens is 1. The minimum absolute atomic E-state index is 0.120. The maximum absolute atomic E-state index is 11.2. The van der Waals surface area contributed by atoms with E-state index in [-0.39, 0.29) is 6.61 Å². The van der Waals surface area contributed by atoms with Gasteiger partial charge in [0.15, 0.2) is 0 Å². The first-order valence-electron chi connectivity index (χ1n) is 25.4. The first-order valence-corrected chi connectivity index (χ1v) is 25.7. The number of rotatable bonds is 46. The van der Waals surface area contributed by atoms with E-state index in [1.54, 1.807) is 0 Å². The summed E-state index contributed by atoms with van der Waals surface area (Å²) in [4.78, 5) is 11.2. The van der Waals surface area contributed by atoms with Crippen LogP contribution in [0.5, 0.6) is 11.5 Å². The minimum Gasteiger partial charge on any atom is -0.493 e. The molecule has 0 aliphatic rings. The summed E-state index contributed by atoms with van der Waals surface area (Å²) in [6, 6.07) is 5.83. The molecule has 0 heterocycles. The van der Waals surface area contributed by atoms with Gasteiger partial charge in [-0.3, -0.25) is 0 Å². The number of unbranched alkanes of at least 4 members (excludes halogenated alkanes) is 38. The molecule has 0 bridgehead atoms. The van der Waals surface area contributed by atoms with Crippen molar-refractivity contribution in [3.05, 3.63) is 23.8 Å². The summed E-state index contributed by atoms with van der Waals surface area (Å²) in [5.74, 6) is 1.55. The molecule has 4 nitrogen and oxygen atoms in total. The van der Waals surface area contributed by atoms with Gasteiger partial charge in [0.1, 0.15) is 18.1 Å². The third-order valence-electron chi connectivity index (χ3n) is 11.8. The van der Waals surface area contributed by atoms with Crippen LogP contribution in [-0.4, -0.2) is 18.6 Å². The largest absolute Gasteiger partial charge is 0.493 e. The molecule has 0 spiro atoms. The lowest BCUT2D eigenvalue weighted by molar-refractivity contribution is 0.166. The molecule has 0 aliphatic heterocycles. The Labute approximate surface area is 360 Å². The second-order valence-electron chi connectivity index (χ2n) is 17.5. The summed E-state index contributed by atoms with van der Waals surface area (Å²) in [5.41, 5.74) is 0.0426. The molecule has 5 heteroatoms. The molecule has 0 saturated heterocycles. The van der Waals surface area contributed by atoms with Crippen LogP contribution in [0.1, 0.15) is 276 Å². The normalized spacial score (nSPS) is 11.4. The van der Waals surface area contributed by atoms with Crippen LogP contribution in [0.2, 0.25) is 0 Å². The number of carbonyl (C=O) groups excluding carboxylic acids is 1. The van der Waals surface area contributed by atoms with E-state index in [9.17, 15) is 4.79 Å². The number of ether oxygens (including phenoxy) is 3. The van der Waals surface area contributed by atoms with Crippen LogP contribution in [0.4, 0.5) is 4.79 Å². The predicted molar refractivity (Wildman–Crippen MR) is 249 cm³/mol. The highest BCUT2D eigenvalue weighted by atomic mass is 35.5. The first kappa shape index (κ1) is 53.6. The molecule has 1 aromatic carbocycles. The molecule has 334 valence electrons. The lowest BCUT2D eigenvalue weighted by Gasteiger charge is -2.13. The van der Waals surface area contributed by atoms with Crippen molar-refractivity contribution < 1.29 is 19.0 Å². The Kier molecular flexibility index (Phi) is 41.5. The van der Waals surface area contributed by atoms with Gasteiger partial charge in [-0.15, -0.1) is 0 Å². The van der Waals surface area contributed by atoms with Crippen LogP contribution in [0, 0.1) is 0 Å². The topological polar surface area (TPSA) is 44.8 Å². The van der Waals surface area contributed by atoms with Crippen LogP contribution in [0.25, 0.3) is 0 Å². The van der Waals surface area contributed by atoms with E-state index >= 15 is 0 Å². The van der Waals surface area contributed by atoms with Crippen LogP contribution in [0.3, 0.4) is 0 Å². The Balaban J connectivity index is 2.01. The number of benzene rings is 1. The van der Waals surface area contributed by atoms with Gasteiger partial charge in [-0.05, 0) is 30.5 Å². The molecule has 1 aromatic rings. The van der Waals surface area contributed by atoms with Crippen LogP contribution in [-0.2, 0) is 11.3 Å². The standard InChI is InChI=1S/C52H95ClO4/c1-3-5-7-9-11-13-15-17-19-21-23-25-27-29-31-33-35-37-39-41-43-55-50-45-49(48-57-52(53)54)46-51(47-50)56-44-42-40-38-36-34-32-30-28-26-24-22-20-18-16-14-12-10-8-6-4-2/h45-47H,3-44,48H2,1-2H3. The van der Waals surface area contributed by atoms with Crippen molar-refractivity contribution in [2.45, 2.75) is 277 Å². The fraction of sp³-hybridized carbons (Fsp3) is 0.865. The van der Waals surface area contributed by atoms with Crippen LogP contribution < -0.4 is 9.47 Å². The molecule has 0 aliphatic carbocycles. The van der Waals surface area contributed by atoms with Gasteiger partial charge in [-0.1, -0.05) is 258 Å². The van der Waals surface area contributed by atoms with E-state index in [1.807, 2.05) is 18.2 Å². The van der Waals surface area contributed by atoms with E-state index < -0.39 is 5.43 Å². The highest BCUT2D eigenvalue weighted by Gasteiger charge is 2.07. The van der Waals surface area contributed by atoms with Crippen molar-refractivity contribution >= 4 is 17.0 Å². The summed E-state index contributed by atoms with van der Waals surface area (Å²) in [5, 5.41) is 0. The molecular weight excluding hydrogens is 724 g/mol. The zero-order valence-electron chi connectivity index (χ0n) is 38.1. The van der Waals surface area contributed by atoms with Crippen molar-refractivity contribution in [1.29, 1.82) is 0 Å². The Hall–Kier alpha value is -1.42. The molecule has 0 saturated carbocycles. The van der Waals surface area contributed by atoms with Crippen molar-refractivity contribution in [1.82, 2.24) is 0 Å². The fourth-order valence-electron chi connectivity index (χ4n) is 8.12. The molecule has 0 N–H and O–H groups in total. The van der Waals surface area contributed by atoms with Crippen molar-refractivity contribution in [3.8, 4) is 11.5 Å². The number of hydrogen-bond donors (Lipinski definition) is 0. The van der Waals surface area contributed by atoms with Gasteiger partial charge in [0.05, 0.1) is 13.2 Å². The average Bonchev–Trinajstić information content (AvgIpc) is 3.21. The molecule has 0 fully saturated rings. The van der Waals surface area contributed by atoms with E-state index in [2.05, 4.69) is 13.8 Å². The Morgan fingerprint density at radius 1 is 0.368 bits per heavy atom. The van der Waals surface area contributed by atoms with Gasteiger partial charge >= 0.3 is 5.43 Å². The highest BCUT2D eigenvalue weighted by Crippen LogP contribution is 2.25. The Bertz CT molecular complexity index is 903. The van der Waals surface area contributed by atoms with Crippen LogP contribution >= 0.6 is 11.6 Å². The number of hydrogen-bond acceptors (Lipinski definition) is 4. The van der Waals surface area contributed by atoms with Gasteiger partial charge in [-0.2, -0.15) is 0 Å². The molecule has 1 rings (SSSR count). The van der Waals surface area contributed by atoms with E-state index in [0.717, 1.165) is 29.9 Å². The second-order valence-corrected chi connectivity index (χ2v) is 17.8.